The summed E-state index contributed by atoms with van der Waals surface area (Å²) in [5.74, 6) is -0.705. The maximum atomic E-state index is 13.5. The van der Waals surface area contributed by atoms with E-state index in [1.807, 2.05) is 0 Å². The number of anilines is 1. The molecule has 0 heterocycles. The van der Waals surface area contributed by atoms with E-state index in [1.54, 1.807) is 12.1 Å². The lowest BCUT2D eigenvalue weighted by Gasteiger charge is -2.09. The first-order valence-electron chi connectivity index (χ1n) is 5.19. The molecule has 2 aromatic carbocycles. The second-order valence-electron chi connectivity index (χ2n) is 3.71. The quantitative estimate of drug-likeness (QED) is 0.834. The van der Waals surface area contributed by atoms with Crippen LogP contribution in [0.4, 0.5) is 14.5 Å². The third-order valence-corrected chi connectivity index (χ3v) is 3.21. The first-order valence-corrected chi connectivity index (χ1v) is 6.36. The van der Waals surface area contributed by atoms with E-state index in [4.69, 9.17) is 11.6 Å². The summed E-state index contributed by atoms with van der Waals surface area (Å²) < 4.78 is 27.1. The summed E-state index contributed by atoms with van der Waals surface area (Å²) >= 11 is 9.14. The topological polar surface area (TPSA) is 12.0 Å². The Morgan fingerprint density at radius 3 is 2.61 bits per heavy atom. The van der Waals surface area contributed by atoms with E-state index in [-0.39, 0.29) is 17.4 Å². The van der Waals surface area contributed by atoms with Gasteiger partial charge in [-0.05, 0) is 36.4 Å². The van der Waals surface area contributed by atoms with E-state index < -0.39 is 5.82 Å². The largest absolute Gasteiger partial charge is 0.380 e. The van der Waals surface area contributed by atoms with E-state index >= 15 is 0 Å². The second-order valence-corrected chi connectivity index (χ2v) is 5.04. The van der Waals surface area contributed by atoms with Crippen molar-refractivity contribution in [2.75, 3.05) is 5.32 Å². The van der Waals surface area contributed by atoms with Crippen LogP contribution in [0.5, 0.6) is 0 Å². The third kappa shape index (κ3) is 3.21. The van der Waals surface area contributed by atoms with Gasteiger partial charge in [0.1, 0.15) is 11.6 Å². The molecule has 0 aromatic heterocycles. The Bertz CT molecular complexity index is 575. The molecule has 0 saturated carbocycles. The number of hydrogen-bond donors (Lipinski definition) is 1. The molecule has 1 N–H and O–H groups in total. The lowest BCUT2D eigenvalue weighted by Crippen LogP contribution is -2.02. The first kappa shape index (κ1) is 13.3. The van der Waals surface area contributed by atoms with Crippen LogP contribution in [-0.4, -0.2) is 0 Å². The van der Waals surface area contributed by atoms with Crippen molar-refractivity contribution >= 4 is 33.2 Å². The number of benzene rings is 2. The summed E-state index contributed by atoms with van der Waals surface area (Å²) in [6.07, 6.45) is 0. The Morgan fingerprint density at radius 2 is 1.89 bits per heavy atom. The van der Waals surface area contributed by atoms with Gasteiger partial charge in [-0.1, -0.05) is 27.5 Å². The van der Waals surface area contributed by atoms with Gasteiger partial charge in [-0.3, -0.25) is 0 Å². The van der Waals surface area contributed by atoms with Gasteiger partial charge in [0.15, 0.2) is 0 Å². The van der Waals surface area contributed by atoms with Gasteiger partial charge in [0.05, 0.1) is 10.7 Å². The normalized spacial score (nSPS) is 10.4. The Morgan fingerprint density at radius 1 is 1.11 bits per heavy atom. The molecule has 0 aliphatic heterocycles. The summed E-state index contributed by atoms with van der Waals surface area (Å²) in [4.78, 5) is 0. The fourth-order valence-corrected chi connectivity index (χ4v) is 2.14. The van der Waals surface area contributed by atoms with Crippen LogP contribution in [0, 0.1) is 11.6 Å². The van der Waals surface area contributed by atoms with Crippen LogP contribution in [0.25, 0.3) is 0 Å². The lowest BCUT2D eigenvalue weighted by molar-refractivity contribution is 0.612. The minimum absolute atomic E-state index is 0.269. The van der Waals surface area contributed by atoms with Crippen LogP contribution >= 0.6 is 27.5 Å². The van der Waals surface area contributed by atoms with Crippen LogP contribution in [0.2, 0.25) is 5.02 Å². The van der Waals surface area contributed by atoms with E-state index in [2.05, 4.69) is 21.2 Å². The van der Waals surface area contributed by atoms with E-state index in [0.717, 1.165) is 4.47 Å². The molecule has 0 aliphatic rings. The van der Waals surface area contributed by atoms with Gasteiger partial charge >= 0.3 is 0 Å². The highest BCUT2D eigenvalue weighted by molar-refractivity contribution is 9.10. The van der Waals surface area contributed by atoms with Crippen LogP contribution in [0.3, 0.4) is 0 Å². The number of halogens is 4. The van der Waals surface area contributed by atoms with Gasteiger partial charge in [0, 0.05) is 16.6 Å². The predicted molar refractivity (Wildman–Crippen MR) is 72.8 cm³/mol. The van der Waals surface area contributed by atoms with Crippen LogP contribution in [-0.2, 0) is 6.54 Å². The number of hydrogen-bond acceptors (Lipinski definition) is 1. The molecule has 0 atom stereocenters. The molecule has 0 amide bonds. The van der Waals surface area contributed by atoms with Crippen LogP contribution < -0.4 is 5.32 Å². The molecule has 0 unspecified atom stereocenters. The van der Waals surface area contributed by atoms with Crippen LogP contribution in [0.1, 0.15) is 5.56 Å². The van der Waals surface area contributed by atoms with Gasteiger partial charge < -0.3 is 5.32 Å². The molecule has 2 aromatic rings. The van der Waals surface area contributed by atoms with Crippen molar-refractivity contribution in [3.63, 3.8) is 0 Å². The summed E-state index contributed by atoms with van der Waals surface area (Å²) in [6, 6.07) is 8.72. The van der Waals surface area contributed by atoms with Gasteiger partial charge in [-0.15, -0.1) is 0 Å². The van der Waals surface area contributed by atoms with Crippen molar-refractivity contribution in [2.24, 2.45) is 0 Å². The summed E-state index contributed by atoms with van der Waals surface area (Å²) in [7, 11) is 0. The fourth-order valence-electron chi connectivity index (χ4n) is 1.50. The number of nitrogens with one attached hydrogen (secondary N) is 1. The molecule has 18 heavy (non-hydrogen) atoms. The summed E-state index contributed by atoms with van der Waals surface area (Å²) in [5.41, 5.74) is 1.07. The highest BCUT2D eigenvalue weighted by Gasteiger charge is 2.05. The van der Waals surface area contributed by atoms with E-state index in [0.29, 0.717) is 11.3 Å². The monoisotopic (exact) mass is 331 g/mol. The maximum absolute atomic E-state index is 13.5. The molecule has 94 valence electrons. The van der Waals surface area contributed by atoms with Crippen molar-refractivity contribution in [1.29, 1.82) is 0 Å². The zero-order valence-electron chi connectivity index (χ0n) is 9.18. The Labute approximate surface area is 117 Å². The molecule has 0 bridgehead atoms. The average Bonchev–Trinajstić information content (AvgIpc) is 2.32. The fraction of sp³-hybridized carbons (Fsp3) is 0.0769. The highest BCUT2D eigenvalue weighted by Crippen LogP contribution is 2.24. The predicted octanol–water partition coefficient (Wildman–Crippen LogP) is 4.99. The maximum Gasteiger partial charge on any atom is 0.128 e. The molecule has 2 rings (SSSR count). The Kier molecular flexibility index (Phi) is 4.19. The Hall–Kier alpha value is -1.13. The SMILES string of the molecule is Fc1ccc(NCc2cc(Br)ccc2F)c(Cl)c1. The standard InChI is InChI=1S/C13H9BrClF2N/c14-9-1-3-12(17)8(5-9)7-18-13-4-2-10(16)6-11(13)15/h1-6,18H,7H2. The number of rotatable bonds is 3. The molecule has 0 radical (unpaired) electrons. The van der Waals surface area contributed by atoms with Gasteiger partial charge in [-0.2, -0.15) is 0 Å². The van der Waals surface area contributed by atoms with Crippen molar-refractivity contribution in [3.8, 4) is 0 Å². The molecule has 5 heteroatoms. The van der Waals surface area contributed by atoms with Gasteiger partial charge in [0.2, 0.25) is 0 Å². The molecule has 0 spiro atoms. The zero-order chi connectivity index (χ0) is 13.1. The third-order valence-electron chi connectivity index (χ3n) is 2.41. The van der Waals surface area contributed by atoms with E-state index in [1.165, 1.54) is 24.3 Å². The minimum Gasteiger partial charge on any atom is -0.380 e. The molecule has 1 nitrogen and oxygen atoms in total. The van der Waals surface area contributed by atoms with Crippen molar-refractivity contribution in [2.45, 2.75) is 6.54 Å². The molecular weight excluding hydrogens is 324 g/mol. The van der Waals surface area contributed by atoms with Crippen molar-refractivity contribution in [3.05, 3.63) is 63.1 Å². The molecule has 0 saturated heterocycles. The van der Waals surface area contributed by atoms with Crippen molar-refractivity contribution in [1.82, 2.24) is 0 Å². The Balaban J connectivity index is 2.13. The average molecular weight is 333 g/mol. The lowest BCUT2D eigenvalue weighted by atomic mass is 10.2. The van der Waals surface area contributed by atoms with Crippen molar-refractivity contribution < 1.29 is 8.78 Å². The summed E-state index contributed by atoms with van der Waals surface area (Å²) in [6.45, 7) is 0.274. The highest BCUT2D eigenvalue weighted by atomic mass is 79.9. The molecule has 0 fully saturated rings. The van der Waals surface area contributed by atoms with E-state index in [9.17, 15) is 8.78 Å². The molecular formula is C13H9BrClF2N. The summed E-state index contributed by atoms with van der Waals surface area (Å²) in [5, 5.41) is 3.23. The second kappa shape index (κ2) is 5.67. The first-order chi connectivity index (χ1) is 8.56. The van der Waals surface area contributed by atoms with Gasteiger partial charge in [0.25, 0.3) is 0 Å². The van der Waals surface area contributed by atoms with Gasteiger partial charge in [-0.25, -0.2) is 8.78 Å². The minimum atomic E-state index is -0.404. The smallest absolute Gasteiger partial charge is 0.128 e. The zero-order valence-corrected chi connectivity index (χ0v) is 11.5. The molecule has 0 aliphatic carbocycles. The van der Waals surface area contributed by atoms with Crippen LogP contribution in [0.15, 0.2) is 40.9 Å².